The largest absolute Gasteiger partial charge is 0.478 e. The number of carboxylic acids is 1. The first-order valence-electron chi connectivity index (χ1n) is 5.92. The molecule has 1 aliphatic rings. The lowest BCUT2D eigenvalue weighted by Gasteiger charge is -2.09. The van der Waals surface area contributed by atoms with Crippen LogP contribution in [0.25, 0.3) is 0 Å². The van der Waals surface area contributed by atoms with Gasteiger partial charge in [-0.25, -0.2) is 4.79 Å². The van der Waals surface area contributed by atoms with Crippen molar-refractivity contribution >= 4 is 17.6 Å². The summed E-state index contributed by atoms with van der Waals surface area (Å²) in [6, 6.07) is 3.69. The number of para-hydroxylation sites is 1. The van der Waals surface area contributed by atoms with Crippen molar-refractivity contribution in [2.75, 3.05) is 6.61 Å². The average molecular weight is 280 g/mol. The summed E-state index contributed by atoms with van der Waals surface area (Å²) < 4.78 is 5.05. The van der Waals surface area contributed by atoms with E-state index < -0.39 is 34.8 Å². The zero-order valence-corrected chi connectivity index (χ0v) is 10.4. The molecule has 1 amide bonds. The summed E-state index contributed by atoms with van der Waals surface area (Å²) in [6.07, 6.45) is 1.80. The van der Waals surface area contributed by atoms with E-state index in [4.69, 9.17) is 9.84 Å². The van der Waals surface area contributed by atoms with Gasteiger partial charge in [-0.2, -0.15) is 0 Å². The Balaban J connectivity index is 2.16. The van der Waals surface area contributed by atoms with Crippen molar-refractivity contribution in [1.29, 1.82) is 0 Å². The number of carboxylic acid groups (broad SMARTS) is 1. The van der Waals surface area contributed by atoms with Crippen LogP contribution in [-0.4, -0.2) is 34.6 Å². The Hall–Kier alpha value is -2.64. The molecule has 20 heavy (non-hydrogen) atoms. The Labute approximate surface area is 113 Å². The minimum Gasteiger partial charge on any atom is -0.478 e. The molecule has 0 atom stereocenters. The summed E-state index contributed by atoms with van der Waals surface area (Å²) in [6.45, 7) is -0.457. The molecule has 0 unspecified atom stereocenters. The van der Waals surface area contributed by atoms with Crippen molar-refractivity contribution < 1.29 is 24.4 Å². The van der Waals surface area contributed by atoms with Crippen LogP contribution in [-0.2, 0) is 4.79 Å². The SMILES string of the molecule is O=C(COc1c(C(=O)O)cccc1[N+](=O)[O-])NC1CC1. The number of aromatic carboxylic acids is 1. The lowest BCUT2D eigenvalue weighted by molar-refractivity contribution is -0.385. The molecule has 0 aliphatic heterocycles. The number of nitro groups is 1. The van der Waals surface area contributed by atoms with E-state index in [-0.39, 0.29) is 11.6 Å². The van der Waals surface area contributed by atoms with Crippen molar-refractivity contribution in [2.45, 2.75) is 18.9 Å². The molecule has 0 aromatic heterocycles. The molecule has 0 heterocycles. The number of carbonyl (C=O) groups is 2. The molecule has 1 fully saturated rings. The van der Waals surface area contributed by atoms with Gasteiger partial charge in [0.15, 0.2) is 6.61 Å². The van der Waals surface area contributed by atoms with Crippen LogP contribution in [0.3, 0.4) is 0 Å². The van der Waals surface area contributed by atoms with E-state index in [9.17, 15) is 19.7 Å². The van der Waals surface area contributed by atoms with Crippen LogP contribution in [0.15, 0.2) is 18.2 Å². The molecular weight excluding hydrogens is 268 g/mol. The molecule has 1 aromatic carbocycles. The van der Waals surface area contributed by atoms with Crippen LogP contribution >= 0.6 is 0 Å². The number of hydrogen-bond donors (Lipinski definition) is 2. The summed E-state index contributed by atoms with van der Waals surface area (Å²) in [4.78, 5) is 32.6. The Morgan fingerprint density at radius 1 is 1.45 bits per heavy atom. The highest BCUT2D eigenvalue weighted by Gasteiger charge is 2.26. The van der Waals surface area contributed by atoms with Crippen LogP contribution in [0.2, 0.25) is 0 Å². The number of nitrogens with one attached hydrogen (secondary N) is 1. The Kier molecular flexibility index (Phi) is 3.83. The first kappa shape index (κ1) is 13.8. The van der Waals surface area contributed by atoms with Gasteiger partial charge in [-0.3, -0.25) is 14.9 Å². The van der Waals surface area contributed by atoms with Gasteiger partial charge in [-0.15, -0.1) is 0 Å². The van der Waals surface area contributed by atoms with Crippen LogP contribution in [0, 0.1) is 10.1 Å². The van der Waals surface area contributed by atoms with E-state index in [2.05, 4.69) is 5.32 Å². The highest BCUT2D eigenvalue weighted by atomic mass is 16.6. The van der Waals surface area contributed by atoms with Crippen LogP contribution < -0.4 is 10.1 Å². The first-order chi connectivity index (χ1) is 9.49. The summed E-state index contributed by atoms with van der Waals surface area (Å²) in [5.41, 5.74) is -0.831. The predicted molar refractivity (Wildman–Crippen MR) is 66.7 cm³/mol. The summed E-state index contributed by atoms with van der Waals surface area (Å²) in [5, 5.41) is 22.5. The number of nitro benzene ring substituents is 1. The molecule has 1 aliphatic carbocycles. The standard InChI is InChI=1S/C12H12N2O6/c15-10(13-7-4-5-7)6-20-11-8(12(16)17)2-1-3-9(11)14(18)19/h1-3,7H,4-6H2,(H,13,15)(H,16,17). The number of benzene rings is 1. The molecule has 1 saturated carbocycles. The van der Waals surface area contributed by atoms with Crippen molar-refractivity contribution in [3.63, 3.8) is 0 Å². The molecule has 0 bridgehead atoms. The average Bonchev–Trinajstić information content (AvgIpc) is 3.19. The van der Waals surface area contributed by atoms with Gasteiger partial charge in [0.05, 0.1) is 4.92 Å². The maximum absolute atomic E-state index is 11.5. The Morgan fingerprint density at radius 3 is 2.70 bits per heavy atom. The second-order valence-corrected chi connectivity index (χ2v) is 4.35. The minimum absolute atomic E-state index is 0.135. The fourth-order valence-corrected chi connectivity index (χ4v) is 1.62. The normalized spacial score (nSPS) is 13.6. The van der Waals surface area contributed by atoms with Crippen molar-refractivity contribution in [2.24, 2.45) is 0 Å². The molecule has 0 saturated heterocycles. The third-order valence-corrected chi connectivity index (χ3v) is 2.71. The van der Waals surface area contributed by atoms with Gasteiger partial charge in [0.25, 0.3) is 5.91 Å². The zero-order chi connectivity index (χ0) is 14.7. The van der Waals surface area contributed by atoms with E-state index in [1.807, 2.05) is 0 Å². The van der Waals surface area contributed by atoms with Crippen molar-refractivity contribution in [1.82, 2.24) is 5.32 Å². The van der Waals surface area contributed by atoms with Crippen LogP contribution in [0.1, 0.15) is 23.2 Å². The molecule has 8 heteroatoms. The quantitative estimate of drug-likeness (QED) is 0.591. The van der Waals surface area contributed by atoms with Gasteiger partial charge in [-0.1, -0.05) is 6.07 Å². The molecular formula is C12H12N2O6. The minimum atomic E-state index is -1.36. The second-order valence-electron chi connectivity index (χ2n) is 4.35. The number of ether oxygens (including phenoxy) is 1. The number of hydrogen-bond acceptors (Lipinski definition) is 5. The number of rotatable bonds is 6. The van der Waals surface area contributed by atoms with Crippen molar-refractivity contribution in [3.8, 4) is 5.75 Å². The van der Waals surface area contributed by atoms with E-state index in [0.29, 0.717) is 0 Å². The van der Waals surface area contributed by atoms with E-state index in [1.165, 1.54) is 12.1 Å². The van der Waals surface area contributed by atoms with Crippen LogP contribution in [0.4, 0.5) is 5.69 Å². The van der Waals surface area contributed by atoms with Gasteiger partial charge in [-0.05, 0) is 18.9 Å². The molecule has 2 rings (SSSR count). The van der Waals surface area contributed by atoms with Gasteiger partial charge < -0.3 is 15.2 Å². The maximum atomic E-state index is 11.5. The summed E-state index contributed by atoms with van der Waals surface area (Å²) in [5.74, 6) is -2.19. The van der Waals surface area contributed by atoms with E-state index in [0.717, 1.165) is 18.9 Å². The first-order valence-corrected chi connectivity index (χ1v) is 5.92. The monoisotopic (exact) mass is 280 g/mol. The van der Waals surface area contributed by atoms with E-state index in [1.54, 1.807) is 0 Å². The predicted octanol–water partition coefficient (Wildman–Crippen LogP) is 0.950. The Bertz CT molecular complexity index is 535. The molecule has 8 nitrogen and oxygen atoms in total. The highest BCUT2D eigenvalue weighted by Crippen LogP contribution is 2.31. The third kappa shape index (κ3) is 3.22. The van der Waals surface area contributed by atoms with Crippen LogP contribution in [0.5, 0.6) is 5.75 Å². The molecule has 2 N–H and O–H groups in total. The second kappa shape index (κ2) is 5.55. The topological polar surface area (TPSA) is 119 Å². The van der Waals surface area contributed by atoms with Gasteiger partial charge in [0.2, 0.25) is 5.75 Å². The fourth-order valence-electron chi connectivity index (χ4n) is 1.62. The number of amides is 1. The smallest absolute Gasteiger partial charge is 0.339 e. The van der Waals surface area contributed by atoms with Gasteiger partial charge in [0, 0.05) is 12.1 Å². The third-order valence-electron chi connectivity index (χ3n) is 2.71. The molecule has 0 spiro atoms. The maximum Gasteiger partial charge on any atom is 0.339 e. The highest BCUT2D eigenvalue weighted by molar-refractivity contribution is 5.92. The van der Waals surface area contributed by atoms with Crippen molar-refractivity contribution in [3.05, 3.63) is 33.9 Å². The molecule has 106 valence electrons. The molecule has 0 radical (unpaired) electrons. The summed E-state index contributed by atoms with van der Waals surface area (Å²) >= 11 is 0. The lowest BCUT2D eigenvalue weighted by Crippen LogP contribution is -2.30. The number of nitrogens with zero attached hydrogens (tertiary/aromatic N) is 1. The van der Waals surface area contributed by atoms with Gasteiger partial charge in [0.1, 0.15) is 5.56 Å². The molecule has 1 aromatic rings. The number of carbonyl (C=O) groups excluding carboxylic acids is 1. The summed E-state index contributed by atoms with van der Waals surface area (Å²) in [7, 11) is 0. The lowest BCUT2D eigenvalue weighted by atomic mass is 10.2. The van der Waals surface area contributed by atoms with E-state index >= 15 is 0 Å². The fraction of sp³-hybridized carbons (Fsp3) is 0.333. The van der Waals surface area contributed by atoms with Gasteiger partial charge >= 0.3 is 11.7 Å². The Morgan fingerprint density at radius 2 is 2.15 bits per heavy atom. The zero-order valence-electron chi connectivity index (χ0n) is 10.4.